The van der Waals surface area contributed by atoms with Crippen LogP contribution in [0.4, 0.5) is 0 Å². The Hall–Kier alpha value is -7.95. The molecule has 0 aliphatic heterocycles. The van der Waals surface area contributed by atoms with E-state index in [1.807, 2.05) is 0 Å². The second-order valence-corrected chi connectivity index (χ2v) is 15.5. The molecule has 0 atom stereocenters. The molecule has 13 rings (SSSR count). The number of rotatable bonds is 4. The van der Waals surface area contributed by atoms with Crippen molar-refractivity contribution in [3.63, 3.8) is 0 Å². The van der Waals surface area contributed by atoms with Crippen molar-refractivity contribution in [2.24, 2.45) is 0 Å². The predicted octanol–water partition coefficient (Wildman–Crippen LogP) is 14.3. The smallest absolute Gasteiger partial charge is 0.146 e. The van der Waals surface area contributed by atoms with Crippen LogP contribution in [0.15, 0.2) is 206 Å². The van der Waals surface area contributed by atoms with Crippen LogP contribution in [-0.4, -0.2) is 18.7 Å². The van der Waals surface area contributed by atoms with E-state index in [1.54, 1.807) is 0 Å². The van der Waals surface area contributed by atoms with E-state index in [0.29, 0.717) is 0 Å². The van der Waals surface area contributed by atoms with Gasteiger partial charge < -0.3 is 9.13 Å². The molecule has 10 aromatic carbocycles. The van der Waals surface area contributed by atoms with Crippen molar-refractivity contribution in [2.45, 2.75) is 0 Å². The van der Waals surface area contributed by atoms with Gasteiger partial charge in [-0.25, -0.2) is 4.98 Å². The van der Waals surface area contributed by atoms with Crippen molar-refractivity contribution in [1.29, 1.82) is 0 Å². The number of benzene rings is 10. The summed E-state index contributed by atoms with van der Waals surface area (Å²) in [6.07, 6.45) is 0. The molecule has 0 unspecified atom stereocenters. The van der Waals surface area contributed by atoms with Crippen LogP contribution in [0.5, 0.6) is 0 Å². The van der Waals surface area contributed by atoms with E-state index in [4.69, 9.17) is 4.98 Å². The normalized spacial score (nSPS) is 12.1. The molecule has 0 fully saturated rings. The molecular weight excluding hydrogens is 717 g/mol. The van der Waals surface area contributed by atoms with Gasteiger partial charge in [0, 0.05) is 54.9 Å². The number of hydrogen-bond acceptors (Lipinski definition) is 1. The Morgan fingerprint density at radius 1 is 0.271 bits per heavy atom. The molecule has 0 aliphatic carbocycles. The summed E-state index contributed by atoms with van der Waals surface area (Å²) in [6.45, 7) is 0. The lowest BCUT2D eigenvalue weighted by atomic mass is 10.00. The molecule has 3 aromatic heterocycles. The van der Waals surface area contributed by atoms with Gasteiger partial charge >= 0.3 is 0 Å². The Morgan fingerprint density at radius 2 is 0.712 bits per heavy atom. The number of nitrogens with zero attached hydrogens (tertiary/aromatic N) is 4. The summed E-state index contributed by atoms with van der Waals surface area (Å²) in [5, 5.41) is 12.1. The number of imidazole rings is 1. The molecule has 0 amide bonds. The molecule has 0 saturated heterocycles. The molecule has 4 nitrogen and oxygen atoms in total. The summed E-state index contributed by atoms with van der Waals surface area (Å²) in [4.78, 5) is 5.59. The number of fused-ring (bicyclic) bond motifs is 14. The van der Waals surface area contributed by atoms with Crippen LogP contribution in [0.1, 0.15) is 0 Å². The Bertz CT molecular complexity index is 3820. The van der Waals surface area contributed by atoms with Gasteiger partial charge in [-0.1, -0.05) is 158 Å². The van der Waals surface area contributed by atoms with Gasteiger partial charge in [0.25, 0.3) is 0 Å². The fourth-order valence-corrected chi connectivity index (χ4v) is 9.92. The zero-order valence-electron chi connectivity index (χ0n) is 31.9. The summed E-state index contributed by atoms with van der Waals surface area (Å²) >= 11 is 0. The maximum atomic E-state index is 5.59. The quantitative estimate of drug-likeness (QED) is 0.165. The second-order valence-electron chi connectivity index (χ2n) is 15.5. The first-order chi connectivity index (χ1) is 29.3. The van der Waals surface area contributed by atoms with E-state index >= 15 is 0 Å². The van der Waals surface area contributed by atoms with Crippen LogP contribution in [-0.2, 0) is 0 Å². The highest BCUT2D eigenvalue weighted by molar-refractivity contribution is 6.25. The van der Waals surface area contributed by atoms with E-state index < -0.39 is 0 Å². The Kier molecular flexibility index (Phi) is 6.69. The average Bonchev–Trinajstić information content (AvgIpc) is 3.98. The number of aromatic nitrogens is 4. The third-order valence-corrected chi connectivity index (χ3v) is 12.4. The maximum Gasteiger partial charge on any atom is 0.146 e. The van der Waals surface area contributed by atoms with E-state index in [9.17, 15) is 0 Å². The van der Waals surface area contributed by atoms with Gasteiger partial charge in [-0.3, -0.25) is 4.57 Å². The van der Waals surface area contributed by atoms with Crippen molar-refractivity contribution in [1.82, 2.24) is 18.7 Å². The summed E-state index contributed by atoms with van der Waals surface area (Å²) in [7, 11) is 0. The van der Waals surface area contributed by atoms with Crippen LogP contribution in [0.3, 0.4) is 0 Å². The standard InChI is InChI=1S/C55H34N4/c1-2-17-36(18-3-1)57-49-27-12-10-22-42(49)46-33-34-47-43-23-11-13-28-50(43)58(54(47)53(46)57)37-29-31-38(32-30-37)59-52-45-25-9-7-21-41(45)40-20-6-8-24-44(40)51(52)56-55(59)48-26-14-16-35-15-4-5-19-39(35)48/h1-34H. The summed E-state index contributed by atoms with van der Waals surface area (Å²) in [5.41, 5.74) is 11.3. The van der Waals surface area contributed by atoms with E-state index in [2.05, 4.69) is 220 Å². The molecule has 0 spiro atoms. The van der Waals surface area contributed by atoms with Crippen LogP contribution in [0.2, 0.25) is 0 Å². The van der Waals surface area contributed by atoms with Gasteiger partial charge in [-0.15, -0.1) is 0 Å². The zero-order valence-corrected chi connectivity index (χ0v) is 31.9. The molecule has 13 aromatic rings. The topological polar surface area (TPSA) is 27.7 Å². The van der Waals surface area contributed by atoms with E-state index in [0.717, 1.165) is 44.9 Å². The predicted molar refractivity (Wildman–Crippen MR) is 248 cm³/mol. The van der Waals surface area contributed by atoms with Crippen molar-refractivity contribution in [3.05, 3.63) is 206 Å². The highest BCUT2D eigenvalue weighted by Crippen LogP contribution is 2.43. The highest BCUT2D eigenvalue weighted by atomic mass is 15.1. The average molecular weight is 751 g/mol. The van der Waals surface area contributed by atoms with Crippen molar-refractivity contribution in [2.75, 3.05) is 0 Å². The first kappa shape index (κ1) is 32.2. The minimum atomic E-state index is 0.928. The van der Waals surface area contributed by atoms with Crippen molar-refractivity contribution < 1.29 is 0 Å². The summed E-state index contributed by atoms with van der Waals surface area (Å²) in [6, 6.07) is 74.8. The maximum absolute atomic E-state index is 5.59. The van der Waals surface area contributed by atoms with Gasteiger partial charge in [0.15, 0.2) is 0 Å². The van der Waals surface area contributed by atoms with Gasteiger partial charge in [-0.05, 0) is 70.1 Å². The molecule has 0 radical (unpaired) electrons. The number of hydrogen-bond donors (Lipinski definition) is 0. The zero-order chi connectivity index (χ0) is 38.6. The third kappa shape index (κ3) is 4.51. The second kappa shape index (κ2) is 12.3. The van der Waals surface area contributed by atoms with Crippen LogP contribution >= 0.6 is 0 Å². The molecule has 274 valence electrons. The lowest BCUT2D eigenvalue weighted by Crippen LogP contribution is -2.01. The monoisotopic (exact) mass is 750 g/mol. The molecular formula is C55H34N4. The first-order valence-electron chi connectivity index (χ1n) is 20.2. The van der Waals surface area contributed by atoms with E-state index in [1.165, 1.54) is 70.5 Å². The van der Waals surface area contributed by atoms with Crippen LogP contribution < -0.4 is 0 Å². The fraction of sp³-hybridized carbons (Fsp3) is 0. The highest BCUT2D eigenvalue weighted by Gasteiger charge is 2.23. The Labute approximate surface area is 339 Å². The SMILES string of the molecule is c1ccc(-n2c3ccccc3c3ccc4c5ccccc5n(-c5ccc(-n6c(-c7cccc8ccccc78)nc7c8ccccc8c8ccccc8c76)cc5)c4c32)cc1. The minimum absolute atomic E-state index is 0.928. The van der Waals surface area contributed by atoms with Crippen molar-refractivity contribution in [3.8, 4) is 28.5 Å². The Balaban J connectivity index is 1.12. The third-order valence-electron chi connectivity index (χ3n) is 12.4. The molecule has 0 aliphatic rings. The molecule has 4 heteroatoms. The van der Waals surface area contributed by atoms with Gasteiger partial charge in [0.2, 0.25) is 0 Å². The van der Waals surface area contributed by atoms with Gasteiger partial charge in [0.05, 0.1) is 33.1 Å². The minimum Gasteiger partial charge on any atom is -0.307 e. The van der Waals surface area contributed by atoms with Crippen molar-refractivity contribution >= 4 is 87.0 Å². The van der Waals surface area contributed by atoms with Gasteiger partial charge in [0.1, 0.15) is 5.82 Å². The molecule has 0 saturated carbocycles. The summed E-state index contributed by atoms with van der Waals surface area (Å²) in [5.74, 6) is 0.928. The number of para-hydroxylation sites is 3. The molecule has 59 heavy (non-hydrogen) atoms. The van der Waals surface area contributed by atoms with Gasteiger partial charge in [-0.2, -0.15) is 0 Å². The van der Waals surface area contributed by atoms with Crippen LogP contribution in [0, 0.1) is 0 Å². The first-order valence-corrected chi connectivity index (χ1v) is 20.2. The molecule has 3 heterocycles. The van der Waals surface area contributed by atoms with E-state index in [-0.39, 0.29) is 0 Å². The fourth-order valence-electron chi connectivity index (χ4n) is 9.92. The Morgan fingerprint density at radius 3 is 1.36 bits per heavy atom. The van der Waals surface area contributed by atoms with Crippen LogP contribution in [0.25, 0.3) is 115 Å². The lowest BCUT2D eigenvalue weighted by Gasteiger charge is -2.15. The molecule has 0 bridgehead atoms. The summed E-state index contributed by atoms with van der Waals surface area (Å²) < 4.78 is 7.31. The largest absolute Gasteiger partial charge is 0.307 e. The lowest BCUT2D eigenvalue weighted by molar-refractivity contribution is 1.10. The molecule has 0 N–H and O–H groups in total.